The lowest BCUT2D eigenvalue weighted by molar-refractivity contribution is 0.626. The topological polar surface area (TPSA) is 26.0 Å². The van der Waals surface area contributed by atoms with Gasteiger partial charge >= 0.3 is 0 Å². The fourth-order valence-electron chi connectivity index (χ4n) is 1.06. The molecule has 70 valence electrons. The molecule has 1 nitrogen and oxygen atoms in total. The molecule has 0 saturated heterocycles. The summed E-state index contributed by atoms with van der Waals surface area (Å²) in [4.78, 5) is 1.10. The van der Waals surface area contributed by atoms with E-state index in [-0.39, 0.29) is 11.4 Å². The van der Waals surface area contributed by atoms with Crippen LogP contribution >= 0.6 is 11.8 Å². The summed E-state index contributed by atoms with van der Waals surface area (Å²) >= 11 is 1.71. The van der Waals surface area contributed by atoms with E-state index in [9.17, 15) is 4.39 Å². The van der Waals surface area contributed by atoms with Crippen molar-refractivity contribution >= 4 is 11.8 Å². The lowest BCUT2D eigenvalue weighted by atomic mass is 10.3. The zero-order valence-electron chi connectivity index (χ0n) is 7.29. The summed E-state index contributed by atoms with van der Waals surface area (Å²) in [6.45, 7) is 0. The number of rotatable bonds is 3. The SMILES string of the molecule is NC1(CSc2ccc(F)cc2)CC1. The summed E-state index contributed by atoms with van der Waals surface area (Å²) in [5, 5.41) is 0. The second-order valence-corrected chi connectivity index (χ2v) is 4.65. The Morgan fingerprint density at radius 3 is 2.46 bits per heavy atom. The first-order chi connectivity index (χ1) is 6.18. The van der Waals surface area contributed by atoms with Gasteiger partial charge in [0.15, 0.2) is 0 Å². The van der Waals surface area contributed by atoms with Crippen LogP contribution in [0.1, 0.15) is 12.8 Å². The average Bonchev–Trinajstić information content (AvgIpc) is 2.84. The molecule has 0 aliphatic heterocycles. The van der Waals surface area contributed by atoms with Crippen molar-refractivity contribution in [1.29, 1.82) is 0 Å². The maximum atomic E-state index is 12.5. The van der Waals surface area contributed by atoms with E-state index in [0.717, 1.165) is 23.5 Å². The molecule has 1 saturated carbocycles. The number of nitrogens with two attached hydrogens (primary N) is 1. The Balaban J connectivity index is 1.91. The Kier molecular flexibility index (Phi) is 2.30. The predicted molar refractivity (Wildman–Crippen MR) is 53.3 cm³/mol. The van der Waals surface area contributed by atoms with Gasteiger partial charge in [0, 0.05) is 16.2 Å². The van der Waals surface area contributed by atoms with Gasteiger partial charge in [-0.25, -0.2) is 4.39 Å². The third-order valence-corrected chi connectivity index (χ3v) is 3.56. The number of benzene rings is 1. The van der Waals surface area contributed by atoms with Crippen LogP contribution in [0.3, 0.4) is 0 Å². The molecule has 0 spiro atoms. The van der Waals surface area contributed by atoms with Crippen molar-refractivity contribution in [3.8, 4) is 0 Å². The van der Waals surface area contributed by atoms with E-state index in [4.69, 9.17) is 5.73 Å². The first-order valence-corrected chi connectivity index (χ1v) is 5.34. The molecule has 1 aromatic carbocycles. The van der Waals surface area contributed by atoms with Crippen LogP contribution in [-0.2, 0) is 0 Å². The maximum absolute atomic E-state index is 12.5. The van der Waals surface area contributed by atoms with E-state index in [1.54, 1.807) is 23.9 Å². The summed E-state index contributed by atoms with van der Waals surface area (Å²) in [6, 6.07) is 6.56. The molecule has 1 aliphatic carbocycles. The van der Waals surface area contributed by atoms with Gasteiger partial charge in [-0.05, 0) is 37.1 Å². The van der Waals surface area contributed by atoms with E-state index in [0.29, 0.717) is 0 Å². The molecular formula is C10H12FNS. The quantitative estimate of drug-likeness (QED) is 0.753. The monoisotopic (exact) mass is 197 g/mol. The lowest BCUT2D eigenvalue weighted by Gasteiger charge is -2.07. The van der Waals surface area contributed by atoms with E-state index >= 15 is 0 Å². The second-order valence-electron chi connectivity index (χ2n) is 3.60. The first-order valence-electron chi connectivity index (χ1n) is 4.35. The molecular weight excluding hydrogens is 185 g/mol. The molecule has 1 aliphatic rings. The van der Waals surface area contributed by atoms with Gasteiger partial charge < -0.3 is 5.73 Å². The van der Waals surface area contributed by atoms with Crippen LogP contribution in [0.15, 0.2) is 29.2 Å². The molecule has 0 amide bonds. The molecule has 0 bridgehead atoms. The average molecular weight is 197 g/mol. The van der Waals surface area contributed by atoms with Crippen LogP contribution in [0.25, 0.3) is 0 Å². The standard InChI is InChI=1S/C10H12FNS/c11-8-1-3-9(4-2-8)13-7-10(12)5-6-10/h1-4H,5-7,12H2. The Morgan fingerprint density at radius 1 is 1.31 bits per heavy atom. The normalized spacial score (nSPS) is 18.6. The highest BCUT2D eigenvalue weighted by Gasteiger charge is 2.37. The number of halogens is 1. The minimum absolute atomic E-state index is 0.0685. The molecule has 2 N–H and O–H groups in total. The Labute approximate surface area is 81.5 Å². The van der Waals surface area contributed by atoms with Gasteiger partial charge in [-0.2, -0.15) is 0 Å². The van der Waals surface area contributed by atoms with Gasteiger partial charge in [-0.1, -0.05) is 0 Å². The van der Waals surface area contributed by atoms with E-state index in [1.807, 2.05) is 0 Å². The fraction of sp³-hybridized carbons (Fsp3) is 0.400. The zero-order chi connectivity index (χ0) is 9.31. The molecule has 0 atom stereocenters. The molecule has 13 heavy (non-hydrogen) atoms. The van der Waals surface area contributed by atoms with Crippen molar-refractivity contribution in [2.75, 3.05) is 5.75 Å². The van der Waals surface area contributed by atoms with Crippen molar-refractivity contribution < 1.29 is 4.39 Å². The minimum atomic E-state index is -0.182. The molecule has 3 heteroatoms. The van der Waals surface area contributed by atoms with Crippen molar-refractivity contribution in [2.24, 2.45) is 5.73 Å². The predicted octanol–water partition coefficient (Wildman–Crippen LogP) is 2.41. The molecule has 0 unspecified atom stereocenters. The lowest BCUT2D eigenvalue weighted by Crippen LogP contribution is -2.24. The van der Waals surface area contributed by atoms with Gasteiger partial charge in [-0.3, -0.25) is 0 Å². The summed E-state index contributed by atoms with van der Waals surface area (Å²) in [6.07, 6.45) is 2.25. The number of hydrogen-bond donors (Lipinski definition) is 1. The Hall–Kier alpha value is -0.540. The third-order valence-electron chi connectivity index (χ3n) is 2.23. The van der Waals surface area contributed by atoms with Crippen LogP contribution in [-0.4, -0.2) is 11.3 Å². The molecule has 0 heterocycles. The highest BCUT2D eigenvalue weighted by Crippen LogP contribution is 2.37. The summed E-state index contributed by atoms with van der Waals surface area (Å²) in [7, 11) is 0. The molecule has 1 fully saturated rings. The minimum Gasteiger partial charge on any atom is -0.324 e. The van der Waals surface area contributed by atoms with Crippen LogP contribution in [0.5, 0.6) is 0 Å². The summed E-state index contributed by atoms with van der Waals surface area (Å²) in [5.74, 6) is 0.761. The van der Waals surface area contributed by atoms with Crippen molar-refractivity contribution in [2.45, 2.75) is 23.3 Å². The van der Waals surface area contributed by atoms with E-state index in [1.165, 1.54) is 12.1 Å². The van der Waals surface area contributed by atoms with Crippen molar-refractivity contribution in [3.05, 3.63) is 30.1 Å². The third kappa shape index (κ3) is 2.45. The van der Waals surface area contributed by atoms with E-state index < -0.39 is 0 Å². The van der Waals surface area contributed by atoms with Gasteiger partial charge in [0.25, 0.3) is 0 Å². The highest BCUT2D eigenvalue weighted by molar-refractivity contribution is 7.99. The summed E-state index contributed by atoms with van der Waals surface area (Å²) < 4.78 is 12.5. The first kappa shape index (κ1) is 9.03. The largest absolute Gasteiger partial charge is 0.324 e. The second kappa shape index (κ2) is 3.31. The zero-order valence-corrected chi connectivity index (χ0v) is 8.11. The van der Waals surface area contributed by atoms with E-state index in [2.05, 4.69) is 0 Å². The Morgan fingerprint density at radius 2 is 1.92 bits per heavy atom. The van der Waals surface area contributed by atoms with Crippen LogP contribution in [0, 0.1) is 5.82 Å². The molecule has 0 radical (unpaired) electrons. The smallest absolute Gasteiger partial charge is 0.123 e. The highest BCUT2D eigenvalue weighted by atomic mass is 32.2. The molecule has 2 rings (SSSR count). The van der Waals surface area contributed by atoms with Crippen molar-refractivity contribution in [3.63, 3.8) is 0 Å². The van der Waals surface area contributed by atoms with Crippen molar-refractivity contribution in [1.82, 2.24) is 0 Å². The van der Waals surface area contributed by atoms with Gasteiger partial charge in [0.05, 0.1) is 0 Å². The van der Waals surface area contributed by atoms with Gasteiger partial charge in [-0.15, -0.1) is 11.8 Å². The molecule has 1 aromatic rings. The number of hydrogen-bond acceptors (Lipinski definition) is 2. The van der Waals surface area contributed by atoms with Crippen LogP contribution in [0.4, 0.5) is 4.39 Å². The summed E-state index contributed by atoms with van der Waals surface area (Å²) in [5.41, 5.74) is 6.00. The Bertz CT molecular complexity index is 292. The fourth-order valence-corrected chi connectivity index (χ4v) is 2.13. The van der Waals surface area contributed by atoms with Crippen LogP contribution in [0.2, 0.25) is 0 Å². The van der Waals surface area contributed by atoms with Crippen LogP contribution < -0.4 is 5.73 Å². The maximum Gasteiger partial charge on any atom is 0.123 e. The molecule has 0 aromatic heterocycles. The van der Waals surface area contributed by atoms with Gasteiger partial charge in [0.2, 0.25) is 0 Å². The number of thioether (sulfide) groups is 1. The van der Waals surface area contributed by atoms with Gasteiger partial charge in [0.1, 0.15) is 5.82 Å².